The van der Waals surface area contributed by atoms with E-state index in [1.165, 1.54) is 18.2 Å². The van der Waals surface area contributed by atoms with Gasteiger partial charge in [0.15, 0.2) is 0 Å². The Kier molecular flexibility index (Phi) is 4.54. The molecule has 7 nitrogen and oxygen atoms in total. The van der Waals surface area contributed by atoms with Gasteiger partial charge in [0.2, 0.25) is 0 Å². The summed E-state index contributed by atoms with van der Waals surface area (Å²) in [4.78, 5) is 26.5. The lowest BCUT2D eigenvalue weighted by molar-refractivity contribution is -0.385. The lowest BCUT2D eigenvalue weighted by Crippen LogP contribution is -2.27. The maximum absolute atomic E-state index is 12.0. The van der Waals surface area contributed by atoms with E-state index in [0.717, 1.165) is 5.82 Å². The Morgan fingerprint density at radius 2 is 2.29 bits per heavy atom. The molecule has 0 atom stereocenters. The van der Waals surface area contributed by atoms with Crippen LogP contribution in [-0.2, 0) is 13.5 Å². The van der Waals surface area contributed by atoms with Crippen LogP contribution in [0, 0.1) is 10.1 Å². The Morgan fingerprint density at radius 3 is 2.90 bits per heavy atom. The summed E-state index contributed by atoms with van der Waals surface area (Å²) in [6.45, 7) is 0.327. The molecule has 1 aromatic carbocycles. The van der Waals surface area contributed by atoms with Crippen LogP contribution in [0.4, 0.5) is 5.69 Å². The number of aryl methyl sites for hydroxylation is 1. The van der Waals surface area contributed by atoms with Crippen molar-refractivity contribution >= 4 is 23.2 Å². The number of aromatic nitrogens is 2. The minimum atomic E-state index is -0.657. The minimum Gasteiger partial charge on any atom is -0.351 e. The van der Waals surface area contributed by atoms with Gasteiger partial charge in [-0.2, -0.15) is 0 Å². The van der Waals surface area contributed by atoms with E-state index in [-0.39, 0.29) is 16.3 Å². The van der Waals surface area contributed by atoms with Gasteiger partial charge in [-0.25, -0.2) is 4.98 Å². The van der Waals surface area contributed by atoms with Crippen LogP contribution in [0.3, 0.4) is 0 Å². The number of nitro groups is 1. The van der Waals surface area contributed by atoms with Gasteiger partial charge in [-0.1, -0.05) is 17.7 Å². The summed E-state index contributed by atoms with van der Waals surface area (Å²) in [5.74, 6) is 0.286. The second kappa shape index (κ2) is 6.36. The Labute approximate surface area is 125 Å². The quantitative estimate of drug-likeness (QED) is 0.675. The lowest BCUT2D eigenvalue weighted by Gasteiger charge is -2.06. The van der Waals surface area contributed by atoms with E-state index in [1.807, 2.05) is 11.6 Å². The smallest absolute Gasteiger partial charge is 0.300 e. The van der Waals surface area contributed by atoms with Gasteiger partial charge >= 0.3 is 5.69 Å². The number of carbonyl (C=O) groups is 1. The fourth-order valence-corrected chi connectivity index (χ4v) is 2.15. The summed E-state index contributed by atoms with van der Waals surface area (Å²) in [7, 11) is 1.85. The van der Waals surface area contributed by atoms with E-state index in [2.05, 4.69) is 10.3 Å². The third kappa shape index (κ3) is 3.38. The number of benzene rings is 1. The molecule has 0 saturated heterocycles. The first-order valence-corrected chi connectivity index (χ1v) is 6.56. The maximum atomic E-state index is 12.0. The maximum Gasteiger partial charge on any atom is 0.300 e. The summed E-state index contributed by atoms with van der Waals surface area (Å²) in [6, 6.07) is 4.26. The van der Waals surface area contributed by atoms with E-state index in [0.29, 0.717) is 13.0 Å². The number of nitrogens with one attached hydrogen (secondary N) is 1. The van der Waals surface area contributed by atoms with Crippen molar-refractivity contribution in [2.75, 3.05) is 6.54 Å². The normalized spacial score (nSPS) is 10.4. The highest BCUT2D eigenvalue weighted by Gasteiger charge is 2.23. The van der Waals surface area contributed by atoms with E-state index in [1.54, 1.807) is 12.4 Å². The molecule has 21 heavy (non-hydrogen) atoms. The zero-order valence-corrected chi connectivity index (χ0v) is 12.0. The third-order valence-electron chi connectivity index (χ3n) is 2.97. The number of nitrogens with zero attached hydrogens (tertiary/aromatic N) is 3. The standard InChI is InChI=1S/C13H13ClN4O3/c1-17-8-7-15-11(17)5-6-16-13(19)9-3-2-4-10(14)12(9)18(20)21/h2-4,7-8H,5-6H2,1H3,(H,16,19). The van der Waals surface area contributed by atoms with Gasteiger partial charge in [0.1, 0.15) is 16.4 Å². The number of hydrogen-bond donors (Lipinski definition) is 1. The molecule has 0 aliphatic heterocycles. The molecule has 0 fully saturated rings. The number of halogens is 1. The SMILES string of the molecule is Cn1ccnc1CCNC(=O)c1cccc(Cl)c1[N+](=O)[O-]. The van der Waals surface area contributed by atoms with Crippen molar-refractivity contribution in [2.45, 2.75) is 6.42 Å². The molecule has 0 bridgehead atoms. The van der Waals surface area contributed by atoms with Gasteiger partial charge in [0, 0.05) is 32.4 Å². The molecule has 110 valence electrons. The topological polar surface area (TPSA) is 90.1 Å². The predicted octanol–water partition coefficient (Wildman–Crippen LogP) is 1.95. The molecule has 1 aromatic heterocycles. The summed E-state index contributed by atoms with van der Waals surface area (Å²) in [6.07, 6.45) is 4.00. The summed E-state index contributed by atoms with van der Waals surface area (Å²) in [5.41, 5.74) is -0.430. The van der Waals surface area contributed by atoms with Crippen LogP contribution in [0.1, 0.15) is 16.2 Å². The van der Waals surface area contributed by atoms with Crippen LogP contribution in [0.5, 0.6) is 0 Å². The largest absolute Gasteiger partial charge is 0.351 e. The van der Waals surface area contributed by atoms with Crippen LogP contribution in [-0.4, -0.2) is 26.9 Å². The summed E-state index contributed by atoms with van der Waals surface area (Å²) in [5, 5.41) is 13.6. The summed E-state index contributed by atoms with van der Waals surface area (Å²) < 4.78 is 1.84. The average molecular weight is 309 g/mol. The fourth-order valence-electron chi connectivity index (χ4n) is 1.90. The molecule has 0 unspecified atom stereocenters. The van der Waals surface area contributed by atoms with Crippen molar-refractivity contribution < 1.29 is 9.72 Å². The zero-order valence-electron chi connectivity index (χ0n) is 11.2. The molecule has 0 aliphatic carbocycles. The van der Waals surface area contributed by atoms with Crippen LogP contribution >= 0.6 is 11.6 Å². The molecule has 2 rings (SSSR count). The zero-order chi connectivity index (χ0) is 15.4. The molecular weight excluding hydrogens is 296 g/mol. The van der Waals surface area contributed by atoms with E-state index in [4.69, 9.17) is 11.6 Å². The number of imidazole rings is 1. The highest BCUT2D eigenvalue weighted by molar-refractivity contribution is 6.33. The molecule has 2 aromatic rings. The first-order chi connectivity index (χ1) is 10.0. The lowest BCUT2D eigenvalue weighted by atomic mass is 10.1. The van der Waals surface area contributed by atoms with E-state index < -0.39 is 10.8 Å². The van der Waals surface area contributed by atoms with E-state index >= 15 is 0 Å². The van der Waals surface area contributed by atoms with Gasteiger partial charge in [-0.15, -0.1) is 0 Å². The number of carbonyl (C=O) groups excluding carboxylic acids is 1. The van der Waals surface area contributed by atoms with Gasteiger partial charge < -0.3 is 9.88 Å². The molecule has 1 heterocycles. The Morgan fingerprint density at radius 1 is 1.52 bits per heavy atom. The van der Waals surface area contributed by atoms with Crippen molar-refractivity contribution in [2.24, 2.45) is 7.05 Å². The molecule has 0 spiro atoms. The number of rotatable bonds is 5. The van der Waals surface area contributed by atoms with Crippen molar-refractivity contribution in [1.82, 2.24) is 14.9 Å². The Hall–Kier alpha value is -2.41. The number of nitro benzene ring substituents is 1. The van der Waals surface area contributed by atoms with Crippen molar-refractivity contribution in [3.8, 4) is 0 Å². The summed E-state index contributed by atoms with van der Waals surface area (Å²) >= 11 is 5.77. The number of amides is 1. The van der Waals surface area contributed by atoms with Crippen molar-refractivity contribution in [3.05, 3.63) is 57.1 Å². The molecule has 0 radical (unpaired) electrons. The third-order valence-corrected chi connectivity index (χ3v) is 3.27. The molecule has 1 N–H and O–H groups in total. The molecule has 0 aliphatic rings. The van der Waals surface area contributed by atoms with Crippen LogP contribution in [0.2, 0.25) is 5.02 Å². The predicted molar refractivity (Wildman–Crippen MR) is 77.4 cm³/mol. The molecule has 0 saturated carbocycles. The first kappa shape index (κ1) is 15.0. The highest BCUT2D eigenvalue weighted by atomic mass is 35.5. The van der Waals surface area contributed by atoms with Crippen molar-refractivity contribution in [3.63, 3.8) is 0 Å². The Bertz CT molecular complexity index is 684. The fraction of sp³-hybridized carbons (Fsp3) is 0.231. The molecule has 8 heteroatoms. The van der Waals surface area contributed by atoms with Crippen LogP contribution in [0.15, 0.2) is 30.6 Å². The highest BCUT2D eigenvalue weighted by Crippen LogP contribution is 2.27. The number of para-hydroxylation sites is 1. The van der Waals surface area contributed by atoms with Crippen molar-refractivity contribution in [1.29, 1.82) is 0 Å². The number of hydrogen-bond acceptors (Lipinski definition) is 4. The van der Waals surface area contributed by atoms with Gasteiger partial charge in [-0.3, -0.25) is 14.9 Å². The second-order valence-electron chi connectivity index (χ2n) is 4.35. The molecule has 1 amide bonds. The molecular formula is C13H13ClN4O3. The van der Waals surface area contributed by atoms with Crippen LogP contribution < -0.4 is 5.32 Å². The van der Waals surface area contributed by atoms with Gasteiger partial charge in [0.25, 0.3) is 5.91 Å². The Balaban J connectivity index is 2.06. The van der Waals surface area contributed by atoms with Crippen LogP contribution in [0.25, 0.3) is 0 Å². The monoisotopic (exact) mass is 308 g/mol. The van der Waals surface area contributed by atoms with Gasteiger partial charge in [0.05, 0.1) is 4.92 Å². The van der Waals surface area contributed by atoms with Gasteiger partial charge in [-0.05, 0) is 12.1 Å². The average Bonchev–Trinajstić information content (AvgIpc) is 2.83. The minimum absolute atomic E-state index is 0.0488. The van der Waals surface area contributed by atoms with E-state index in [9.17, 15) is 14.9 Å². The first-order valence-electron chi connectivity index (χ1n) is 6.18. The second-order valence-corrected chi connectivity index (χ2v) is 4.76.